The molecule has 4 rings (SSSR count). The number of aryl methyl sites for hydroxylation is 3. The van der Waals surface area contributed by atoms with Crippen LogP contribution in [0.5, 0.6) is 0 Å². The third kappa shape index (κ3) is 5.06. The summed E-state index contributed by atoms with van der Waals surface area (Å²) in [5.74, 6) is 0.367. The molecule has 2 amide bonds. The molecule has 1 aromatic carbocycles. The zero-order valence-corrected chi connectivity index (χ0v) is 19.1. The summed E-state index contributed by atoms with van der Waals surface area (Å²) in [5.41, 5.74) is 4.10. The number of carbonyl (C=O) groups is 2. The zero-order valence-electron chi connectivity index (χ0n) is 17.5. The fraction of sp³-hybridized carbons (Fsp3) is 0.190. The Morgan fingerprint density at radius 3 is 2.56 bits per heavy atom. The van der Waals surface area contributed by atoms with Gasteiger partial charge in [0, 0.05) is 11.8 Å². The molecular weight excluding hydrogens is 450 g/mol. The van der Waals surface area contributed by atoms with E-state index in [9.17, 15) is 9.59 Å². The van der Waals surface area contributed by atoms with E-state index < -0.39 is 5.91 Å². The van der Waals surface area contributed by atoms with Crippen molar-refractivity contribution in [3.8, 4) is 11.5 Å². The van der Waals surface area contributed by atoms with Crippen LogP contribution in [-0.4, -0.2) is 32.9 Å². The summed E-state index contributed by atoms with van der Waals surface area (Å²) >= 11 is 2.41. The smallest absolute Gasteiger partial charge is 0.279 e. The predicted octanol–water partition coefficient (Wildman–Crippen LogP) is 4.69. The average Bonchev–Trinajstić information content (AvgIpc) is 3.50. The van der Waals surface area contributed by atoms with Crippen molar-refractivity contribution in [2.75, 3.05) is 16.4 Å². The number of nitrogens with one attached hydrogen (secondary N) is 2. The van der Waals surface area contributed by atoms with Crippen molar-refractivity contribution in [1.82, 2.24) is 15.4 Å². The van der Waals surface area contributed by atoms with E-state index in [-0.39, 0.29) is 17.4 Å². The summed E-state index contributed by atoms with van der Waals surface area (Å²) < 4.78 is 10.9. The van der Waals surface area contributed by atoms with Crippen molar-refractivity contribution in [3.63, 3.8) is 0 Å². The summed E-state index contributed by atoms with van der Waals surface area (Å²) in [6.45, 7) is 5.96. The lowest BCUT2D eigenvalue weighted by atomic mass is 10.1. The molecule has 11 heteroatoms. The van der Waals surface area contributed by atoms with Crippen LogP contribution in [0.25, 0.3) is 11.5 Å². The Kier molecular flexibility index (Phi) is 6.37. The Morgan fingerprint density at radius 1 is 1.06 bits per heavy atom. The molecule has 0 unspecified atom stereocenters. The number of anilines is 2. The molecule has 164 valence electrons. The summed E-state index contributed by atoms with van der Waals surface area (Å²) in [6.07, 6.45) is 1.50. The molecule has 4 aromatic rings. The number of nitrogens with zero attached hydrogens (tertiary/aromatic N) is 3. The third-order valence-electron chi connectivity index (χ3n) is 4.40. The molecule has 0 spiro atoms. The fourth-order valence-electron chi connectivity index (χ4n) is 3.08. The Morgan fingerprint density at radius 2 is 1.84 bits per heavy atom. The van der Waals surface area contributed by atoms with E-state index in [1.54, 1.807) is 12.1 Å². The number of hydrogen-bond acceptors (Lipinski definition) is 9. The van der Waals surface area contributed by atoms with Gasteiger partial charge in [-0.15, -0.1) is 10.2 Å². The van der Waals surface area contributed by atoms with Gasteiger partial charge in [0.1, 0.15) is 0 Å². The van der Waals surface area contributed by atoms with Crippen LogP contribution in [0.15, 0.2) is 49.9 Å². The predicted molar refractivity (Wildman–Crippen MR) is 122 cm³/mol. The largest absolute Gasteiger partial charge is 0.461 e. The highest BCUT2D eigenvalue weighted by Crippen LogP contribution is 2.27. The van der Waals surface area contributed by atoms with Gasteiger partial charge in [0.05, 0.1) is 12.0 Å². The van der Waals surface area contributed by atoms with Gasteiger partial charge in [-0.2, -0.15) is 0 Å². The SMILES string of the molecule is Cc1cc(C)c(NC(=O)CSc2nnc(NC(=O)c3cc(-c4ccco4)on3)s2)c(C)c1. The first-order valence-corrected chi connectivity index (χ1v) is 11.3. The summed E-state index contributed by atoms with van der Waals surface area (Å²) in [5, 5.41) is 17.6. The van der Waals surface area contributed by atoms with Crippen molar-refractivity contribution < 1.29 is 18.5 Å². The molecule has 3 aromatic heterocycles. The van der Waals surface area contributed by atoms with E-state index in [1.807, 2.05) is 32.9 Å². The highest BCUT2D eigenvalue weighted by molar-refractivity contribution is 8.01. The number of hydrogen-bond donors (Lipinski definition) is 2. The molecule has 0 aliphatic rings. The maximum Gasteiger partial charge on any atom is 0.279 e. The van der Waals surface area contributed by atoms with E-state index in [2.05, 4.69) is 26.0 Å². The minimum Gasteiger partial charge on any atom is -0.461 e. The molecule has 0 fully saturated rings. The number of carbonyl (C=O) groups excluding carboxylic acids is 2. The molecule has 0 aliphatic heterocycles. The maximum atomic E-state index is 12.4. The van der Waals surface area contributed by atoms with Gasteiger partial charge in [0.15, 0.2) is 15.8 Å². The van der Waals surface area contributed by atoms with Crippen LogP contribution in [0.1, 0.15) is 27.2 Å². The molecule has 0 bridgehead atoms. The van der Waals surface area contributed by atoms with Crippen LogP contribution in [-0.2, 0) is 4.79 Å². The van der Waals surface area contributed by atoms with Crippen LogP contribution < -0.4 is 10.6 Å². The Hall–Kier alpha value is -3.44. The molecule has 0 radical (unpaired) electrons. The zero-order chi connectivity index (χ0) is 22.7. The molecule has 0 saturated carbocycles. The monoisotopic (exact) mass is 469 g/mol. The molecule has 2 N–H and O–H groups in total. The van der Waals surface area contributed by atoms with Crippen LogP contribution in [0.2, 0.25) is 0 Å². The van der Waals surface area contributed by atoms with Crippen molar-refractivity contribution in [3.05, 3.63) is 59.0 Å². The van der Waals surface area contributed by atoms with Gasteiger partial charge in [-0.1, -0.05) is 46.0 Å². The Labute approximate surface area is 191 Å². The second-order valence-corrected chi connectivity index (χ2v) is 9.19. The lowest BCUT2D eigenvalue weighted by molar-refractivity contribution is -0.113. The highest BCUT2D eigenvalue weighted by Gasteiger charge is 2.17. The van der Waals surface area contributed by atoms with Crippen molar-refractivity contribution in [2.24, 2.45) is 0 Å². The first-order valence-electron chi connectivity index (χ1n) is 9.55. The first-order chi connectivity index (χ1) is 15.4. The lowest BCUT2D eigenvalue weighted by Crippen LogP contribution is -2.15. The molecule has 9 nitrogen and oxygen atoms in total. The molecule has 0 saturated heterocycles. The van der Waals surface area contributed by atoms with E-state index in [0.717, 1.165) is 22.4 Å². The van der Waals surface area contributed by atoms with Crippen LogP contribution >= 0.6 is 23.1 Å². The van der Waals surface area contributed by atoms with E-state index in [4.69, 9.17) is 8.94 Å². The number of furan rings is 1. The number of benzene rings is 1. The third-order valence-corrected chi connectivity index (χ3v) is 6.37. The standard InChI is InChI=1S/C21H19N5O4S2/c1-11-7-12(2)18(13(3)8-11)22-17(27)10-31-21-25-24-20(32-21)23-19(28)14-9-16(30-26-14)15-5-4-6-29-15/h4-9H,10H2,1-3H3,(H,22,27)(H,23,24,28). The second kappa shape index (κ2) is 9.37. The Bertz CT molecular complexity index is 1240. The Balaban J connectivity index is 1.31. The first kappa shape index (κ1) is 21.8. The number of aromatic nitrogens is 3. The molecule has 3 heterocycles. The lowest BCUT2D eigenvalue weighted by Gasteiger charge is -2.12. The van der Waals surface area contributed by atoms with Crippen molar-refractivity contribution >= 4 is 45.7 Å². The van der Waals surface area contributed by atoms with Crippen molar-refractivity contribution in [2.45, 2.75) is 25.1 Å². The van der Waals surface area contributed by atoms with E-state index in [1.165, 1.54) is 35.4 Å². The topological polar surface area (TPSA) is 123 Å². The minimum absolute atomic E-state index is 0.0871. The number of amides is 2. The molecule has 0 aliphatic carbocycles. The van der Waals surface area contributed by atoms with E-state index in [0.29, 0.717) is 21.0 Å². The quantitative estimate of drug-likeness (QED) is 0.295. The normalized spacial score (nSPS) is 10.8. The summed E-state index contributed by atoms with van der Waals surface area (Å²) in [4.78, 5) is 24.7. The van der Waals surface area contributed by atoms with Crippen LogP contribution in [0, 0.1) is 20.8 Å². The van der Waals surface area contributed by atoms with Gasteiger partial charge in [0.25, 0.3) is 5.91 Å². The number of thioether (sulfide) groups is 1. The maximum absolute atomic E-state index is 12.4. The fourth-order valence-corrected chi connectivity index (χ4v) is 4.62. The molecule has 0 atom stereocenters. The second-order valence-electron chi connectivity index (χ2n) is 6.99. The van der Waals surface area contributed by atoms with Crippen LogP contribution in [0.4, 0.5) is 10.8 Å². The minimum atomic E-state index is -0.484. The average molecular weight is 470 g/mol. The van der Waals surface area contributed by atoms with Gasteiger partial charge in [0.2, 0.25) is 16.8 Å². The van der Waals surface area contributed by atoms with Gasteiger partial charge in [-0.25, -0.2) is 0 Å². The van der Waals surface area contributed by atoms with E-state index >= 15 is 0 Å². The van der Waals surface area contributed by atoms with Crippen LogP contribution in [0.3, 0.4) is 0 Å². The molecular formula is C21H19N5O4S2. The number of rotatable bonds is 7. The molecule has 32 heavy (non-hydrogen) atoms. The van der Waals surface area contributed by atoms with Gasteiger partial charge >= 0.3 is 0 Å². The van der Waals surface area contributed by atoms with Crippen molar-refractivity contribution in [1.29, 1.82) is 0 Å². The summed E-state index contributed by atoms with van der Waals surface area (Å²) in [6, 6.07) is 8.95. The van der Waals surface area contributed by atoms with Gasteiger partial charge in [-0.3, -0.25) is 14.9 Å². The summed E-state index contributed by atoms with van der Waals surface area (Å²) in [7, 11) is 0. The highest BCUT2D eigenvalue weighted by atomic mass is 32.2. The van der Waals surface area contributed by atoms with Gasteiger partial charge in [-0.05, 0) is 44.0 Å². The van der Waals surface area contributed by atoms with Gasteiger partial charge < -0.3 is 14.3 Å².